The third kappa shape index (κ3) is 3.00. The summed E-state index contributed by atoms with van der Waals surface area (Å²) < 4.78 is 11.1. The number of likely N-dealkylation sites (tertiary alicyclic amines) is 1. The summed E-state index contributed by atoms with van der Waals surface area (Å²) in [4.78, 5) is 2.46. The SMILES string of the molecule is COc1ccc([C@]23CCN(C)[C@H]2C[C@H](O)C[C@@H]3[Si](C)(C)C)cc1OC. The number of hydrogen-bond acceptors (Lipinski definition) is 4. The van der Waals surface area contributed by atoms with E-state index in [4.69, 9.17) is 9.47 Å². The molecule has 4 atom stereocenters. The fraction of sp³-hybridized carbons (Fsp3) is 0.700. The quantitative estimate of drug-likeness (QED) is 0.831. The zero-order valence-electron chi connectivity index (χ0n) is 16.5. The van der Waals surface area contributed by atoms with E-state index in [9.17, 15) is 5.11 Å². The molecule has 1 saturated heterocycles. The van der Waals surface area contributed by atoms with Gasteiger partial charge in [-0.1, -0.05) is 25.7 Å². The smallest absolute Gasteiger partial charge is 0.161 e. The van der Waals surface area contributed by atoms with E-state index in [-0.39, 0.29) is 11.5 Å². The molecule has 1 aliphatic heterocycles. The van der Waals surface area contributed by atoms with E-state index in [0.717, 1.165) is 37.3 Å². The molecule has 1 aromatic rings. The van der Waals surface area contributed by atoms with Crippen LogP contribution in [0, 0.1) is 0 Å². The monoisotopic (exact) mass is 363 g/mol. The molecule has 1 aromatic carbocycles. The van der Waals surface area contributed by atoms with E-state index in [1.54, 1.807) is 14.2 Å². The summed E-state index contributed by atoms with van der Waals surface area (Å²) in [6, 6.07) is 6.87. The lowest BCUT2D eigenvalue weighted by atomic mass is 9.65. The van der Waals surface area contributed by atoms with Gasteiger partial charge in [-0.15, -0.1) is 0 Å². The number of methoxy groups -OCH3 is 2. The fourth-order valence-corrected chi connectivity index (χ4v) is 8.53. The summed E-state index contributed by atoms with van der Waals surface area (Å²) in [5, 5.41) is 10.6. The van der Waals surface area contributed by atoms with Gasteiger partial charge in [-0.2, -0.15) is 0 Å². The lowest BCUT2D eigenvalue weighted by molar-refractivity contribution is 0.0551. The fourth-order valence-electron chi connectivity index (χ4n) is 5.50. The zero-order chi connectivity index (χ0) is 18.4. The first-order chi connectivity index (χ1) is 11.7. The second kappa shape index (κ2) is 6.60. The molecule has 0 bridgehead atoms. The molecule has 2 fully saturated rings. The van der Waals surface area contributed by atoms with Crippen molar-refractivity contribution >= 4 is 8.07 Å². The minimum atomic E-state index is -1.48. The molecule has 1 N–H and O–H groups in total. The van der Waals surface area contributed by atoms with Crippen LogP contribution in [0.3, 0.4) is 0 Å². The Labute approximate surface area is 153 Å². The number of aliphatic hydroxyl groups excluding tert-OH is 1. The molecule has 4 nitrogen and oxygen atoms in total. The van der Waals surface area contributed by atoms with E-state index in [0.29, 0.717) is 11.6 Å². The second-order valence-electron chi connectivity index (χ2n) is 8.90. The summed E-state index contributed by atoms with van der Waals surface area (Å²) >= 11 is 0. The van der Waals surface area contributed by atoms with Gasteiger partial charge >= 0.3 is 0 Å². The van der Waals surface area contributed by atoms with Crippen molar-refractivity contribution in [2.24, 2.45) is 0 Å². The van der Waals surface area contributed by atoms with Crippen molar-refractivity contribution in [1.82, 2.24) is 4.90 Å². The van der Waals surface area contributed by atoms with Gasteiger partial charge in [-0.05, 0) is 56.1 Å². The number of aliphatic hydroxyl groups is 1. The predicted octanol–water partition coefficient (Wildman–Crippen LogP) is 3.51. The highest BCUT2D eigenvalue weighted by molar-refractivity contribution is 6.77. The Hall–Kier alpha value is -1.04. The summed E-state index contributed by atoms with van der Waals surface area (Å²) in [6.07, 6.45) is 2.77. The lowest BCUT2D eigenvalue weighted by Crippen LogP contribution is -2.56. The van der Waals surface area contributed by atoms with E-state index >= 15 is 0 Å². The van der Waals surface area contributed by atoms with Crippen LogP contribution in [0.15, 0.2) is 18.2 Å². The van der Waals surface area contributed by atoms with Gasteiger partial charge < -0.3 is 19.5 Å². The van der Waals surface area contributed by atoms with Crippen LogP contribution in [0.1, 0.15) is 24.8 Å². The Morgan fingerprint density at radius 3 is 2.40 bits per heavy atom. The summed E-state index contributed by atoms with van der Waals surface area (Å²) in [6.45, 7) is 8.45. The maximum Gasteiger partial charge on any atom is 0.161 e. The second-order valence-corrected chi connectivity index (χ2v) is 14.3. The molecular formula is C20H33NO3Si. The number of benzene rings is 1. The Morgan fingerprint density at radius 2 is 1.80 bits per heavy atom. The van der Waals surface area contributed by atoms with Crippen LogP contribution in [0.25, 0.3) is 0 Å². The molecule has 25 heavy (non-hydrogen) atoms. The molecule has 0 unspecified atom stereocenters. The molecule has 0 radical (unpaired) electrons. The first-order valence-electron chi connectivity index (χ1n) is 9.35. The highest BCUT2D eigenvalue weighted by atomic mass is 28.3. The molecule has 3 rings (SSSR count). The van der Waals surface area contributed by atoms with Crippen molar-refractivity contribution < 1.29 is 14.6 Å². The lowest BCUT2D eigenvalue weighted by Gasteiger charge is -2.53. The number of likely N-dealkylation sites (N-methyl/N-ethyl adjacent to an activating group) is 1. The highest BCUT2D eigenvalue weighted by Gasteiger charge is 2.58. The van der Waals surface area contributed by atoms with Gasteiger partial charge in [0.25, 0.3) is 0 Å². The van der Waals surface area contributed by atoms with Crippen molar-refractivity contribution in [1.29, 1.82) is 0 Å². The number of hydrogen-bond donors (Lipinski definition) is 1. The van der Waals surface area contributed by atoms with Crippen molar-refractivity contribution in [2.45, 2.75) is 62.0 Å². The van der Waals surface area contributed by atoms with Gasteiger partial charge in [-0.25, -0.2) is 0 Å². The molecule has 1 aliphatic carbocycles. The number of rotatable bonds is 4. The Morgan fingerprint density at radius 1 is 1.12 bits per heavy atom. The Kier molecular flexibility index (Phi) is 4.95. The van der Waals surface area contributed by atoms with Crippen molar-refractivity contribution in [2.75, 3.05) is 27.8 Å². The van der Waals surface area contributed by atoms with Crippen LogP contribution in [-0.2, 0) is 5.41 Å². The zero-order valence-corrected chi connectivity index (χ0v) is 17.5. The Bertz CT molecular complexity index is 630. The topological polar surface area (TPSA) is 41.9 Å². The molecule has 2 aliphatic rings. The first kappa shape index (κ1) is 18.7. The molecular weight excluding hydrogens is 330 g/mol. The van der Waals surface area contributed by atoms with Gasteiger partial charge in [0, 0.05) is 19.5 Å². The van der Waals surface area contributed by atoms with Crippen LogP contribution in [-0.4, -0.2) is 58.0 Å². The van der Waals surface area contributed by atoms with Crippen LogP contribution in [0.2, 0.25) is 25.2 Å². The minimum Gasteiger partial charge on any atom is -0.493 e. The molecule has 0 spiro atoms. The van der Waals surface area contributed by atoms with Gasteiger partial charge in [0.1, 0.15) is 0 Å². The maximum absolute atomic E-state index is 10.6. The molecule has 0 amide bonds. The maximum atomic E-state index is 10.6. The Balaban J connectivity index is 2.16. The van der Waals surface area contributed by atoms with E-state index in [1.165, 1.54) is 5.56 Å². The minimum absolute atomic E-state index is 0.109. The number of fused-ring (bicyclic) bond motifs is 1. The standard InChI is InChI=1S/C20H33NO3Si/c1-21-10-9-20(14-7-8-16(23-2)17(11-14)24-3)18(21)12-15(22)13-19(20)25(4,5)6/h7-8,11,15,18-19,22H,9-10,12-13H2,1-6H3/t15-,18-,19-,20+/m0/s1. The number of nitrogens with zero attached hydrogens (tertiary/aromatic N) is 1. The van der Waals surface area contributed by atoms with Crippen molar-refractivity contribution in [3.63, 3.8) is 0 Å². The van der Waals surface area contributed by atoms with Gasteiger partial charge in [0.05, 0.1) is 20.3 Å². The predicted molar refractivity (Wildman–Crippen MR) is 105 cm³/mol. The van der Waals surface area contributed by atoms with Crippen LogP contribution >= 0.6 is 0 Å². The van der Waals surface area contributed by atoms with Crippen LogP contribution < -0.4 is 9.47 Å². The average molecular weight is 364 g/mol. The van der Waals surface area contributed by atoms with E-state index in [1.807, 2.05) is 6.07 Å². The first-order valence-corrected chi connectivity index (χ1v) is 12.9. The van der Waals surface area contributed by atoms with Gasteiger partial charge in [0.15, 0.2) is 11.5 Å². The van der Waals surface area contributed by atoms with Crippen molar-refractivity contribution in [3.05, 3.63) is 23.8 Å². The van der Waals surface area contributed by atoms with Crippen molar-refractivity contribution in [3.8, 4) is 11.5 Å². The third-order valence-electron chi connectivity index (χ3n) is 6.60. The van der Waals surface area contributed by atoms with Gasteiger partial charge in [0.2, 0.25) is 0 Å². The molecule has 1 saturated carbocycles. The van der Waals surface area contributed by atoms with Crippen LogP contribution in [0.4, 0.5) is 0 Å². The third-order valence-corrected chi connectivity index (χ3v) is 9.44. The summed E-state index contributed by atoms with van der Waals surface area (Å²) in [5.41, 5.74) is 2.02. The van der Waals surface area contributed by atoms with E-state index < -0.39 is 8.07 Å². The molecule has 1 heterocycles. The number of ether oxygens (including phenoxy) is 2. The largest absolute Gasteiger partial charge is 0.493 e. The van der Waals surface area contributed by atoms with Crippen LogP contribution in [0.5, 0.6) is 11.5 Å². The van der Waals surface area contributed by atoms with E-state index in [2.05, 4.69) is 43.7 Å². The molecule has 0 aromatic heterocycles. The highest BCUT2D eigenvalue weighted by Crippen LogP contribution is 2.58. The average Bonchev–Trinajstić information content (AvgIpc) is 2.90. The summed E-state index contributed by atoms with van der Waals surface area (Å²) in [7, 11) is 4.13. The normalized spacial score (nSPS) is 33.2. The van der Waals surface area contributed by atoms with Gasteiger partial charge in [-0.3, -0.25) is 0 Å². The summed E-state index contributed by atoms with van der Waals surface area (Å²) in [5.74, 6) is 1.59. The molecule has 140 valence electrons. The molecule has 5 heteroatoms.